The molecule has 1 N–H and O–H groups in total. The quantitative estimate of drug-likeness (QED) is 0.440. The molecule has 0 spiro atoms. The van der Waals surface area contributed by atoms with Crippen molar-refractivity contribution in [3.8, 4) is 0 Å². The van der Waals surface area contributed by atoms with Crippen LogP contribution in [0.4, 0.5) is 5.69 Å². The fourth-order valence-electron chi connectivity index (χ4n) is 2.98. The summed E-state index contributed by atoms with van der Waals surface area (Å²) in [4.78, 5) is 12.9. The Morgan fingerprint density at radius 2 is 1.79 bits per heavy atom. The largest absolute Gasteiger partial charge is 0.481 e. The number of allylic oxidation sites excluding steroid dienone is 2. The number of benzene rings is 2. The van der Waals surface area contributed by atoms with Gasteiger partial charge in [-0.25, -0.2) is 0 Å². The van der Waals surface area contributed by atoms with Gasteiger partial charge in [-0.1, -0.05) is 53.8 Å². The second-order valence-corrected chi connectivity index (χ2v) is 7.82. The van der Waals surface area contributed by atoms with Crippen LogP contribution >= 0.6 is 11.3 Å². The van der Waals surface area contributed by atoms with Gasteiger partial charge in [-0.05, 0) is 23.8 Å². The third-order valence-electron chi connectivity index (χ3n) is 4.46. The minimum atomic E-state index is -0.750. The SMILES string of the molecule is CN(C)c1ccc(/C=C/C=C/c2sc3ccccc3[n+]2CCCC(=O)O)cc1. The van der Waals surface area contributed by atoms with Crippen molar-refractivity contribution in [2.75, 3.05) is 19.0 Å². The Hall–Kier alpha value is -2.92. The highest BCUT2D eigenvalue weighted by Crippen LogP contribution is 2.21. The summed E-state index contributed by atoms with van der Waals surface area (Å²) in [6.07, 6.45) is 9.06. The highest BCUT2D eigenvalue weighted by Gasteiger charge is 2.17. The smallest absolute Gasteiger partial charge is 0.303 e. The van der Waals surface area contributed by atoms with E-state index in [1.54, 1.807) is 11.3 Å². The summed E-state index contributed by atoms with van der Waals surface area (Å²) in [5.74, 6) is -0.750. The number of hydrogen-bond acceptors (Lipinski definition) is 3. The van der Waals surface area contributed by atoms with Crippen molar-refractivity contribution < 1.29 is 14.5 Å². The number of rotatable bonds is 8. The van der Waals surface area contributed by atoms with Crippen molar-refractivity contribution in [3.63, 3.8) is 0 Å². The maximum atomic E-state index is 10.8. The van der Waals surface area contributed by atoms with Gasteiger partial charge in [0.2, 0.25) is 5.52 Å². The van der Waals surface area contributed by atoms with Gasteiger partial charge < -0.3 is 10.0 Å². The van der Waals surface area contributed by atoms with Crippen LogP contribution in [-0.4, -0.2) is 25.2 Å². The van der Waals surface area contributed by atoms with Crippen LogP contribution in [0.3, 0.4) is 0 Å². The highest BCUT2D eigenvalue weighted by molar-refractivity contribution is 7.18. The molecule has 0 aliphatic rings. The van der Waals surface area contributed by atoms with Gasteiger partial charge in [-0.3, -0.25) is 4.79 Å². The highest BCUT2D eigenvalue weighted by atomic mass is 32.1. The Morgan fingerprint density at radius 1 is 1.07 bits per heavy atom. The van der Waals surface area contributed by atoms with Crippen LogP contribution in [0.15, 0.2) is 60.7 Å². The Morgan fingerprint density at radius 3 is 2.50 bits per heavy atom. The van der Waals surface area contributed by atoms with Crippen LogP contribution in [-0.2, 0) is 11.3 Å². The lowest BCUT2D eigenvalue weighted by molar-refractivity contribution is -0.669. The van der Waals surface area contributed by atoms with E-state index in [0.29, 0.717) is 13.0 Å². The van der Waals surface area contributed by atoms with E-state index in [1.165, 1.54) is 10.4 Å². The molecule has 0 atom stereocenters. The van der Waals surface area contributed by atoms with Gasteiger partial charge in [-0.15, -0.1) is 0 Å². The van der Waals surface area contributed by atoms with Crippen LogP contribution in [0.1, 0.15) is 23.4 Å². The van der Waals surface area contributed by atoms with Gasteiger partial charge in [0, 0.05) is 38.3 Å². The number of anilines is 1. The van der Waals surface area contributed by atoms with E-state index in [4.69, 9.17) is 5.11 Å². The van der Waals surface area contributed by atoms with Crippen LogP contribution in [0.2, 0.25) is 0 Å². The Labute approximate surface area is 169 Å². The van der Waals surface area contributed by atoms with Gasteiger partial charge in [-0.2, -0.15) is 4.57 Å². The van der Waals surface area contributed by atoms with E-state index < -0.39 is 5.97 Å². The number of aliphatic carboxylic acids is 1. The zero-order valence-electron chi connectivity index (χ0n) is 16.2. The molecule has 4 nitrogen and oxygen atoms in total. The maximum absolute atomic E-state index is 10.8. The van der Waals surface area contributed by atoms with E-state index in [2.05, 4.69) is 58.0 Å². The van der Waals surface area contributed by atoms with Crippen molar-refractivity contribution in [1.29, 1.82) is 0 Å². The van der Waals surface area contributed by atoms with Gasteiger partial charge >= 0.3 is 5.97 Å². The number of aromatic nitrogens is 1. The average Bonchev–Trinajstić information content (AvgIpc) is 3.03. The van der Waals surface area contributed by atoms with Gasteiger partial charge in [0.15, 0.2) is 6.54 Å². The third kappa shape index (κ3) is 5.08. The van der Waals surface area contributed by atoms with Gasteiger partial charge in [0.1, 0.15) is 4.70 Å². The van der Waals surface area contributed by atoms with Crippen molar-refractivity contribution in [2.45, 2.75) is 19.4 Å². The number of aryl methyl sites for hydroxylation is 1. The summed E-state index contributed by atoms with van der Waals surface area (Å²) in [5.41, 5.74) is 3.49. The number of carboxylic acids is 1. The molecule has 3 aromatic rings. The number of fused-ring (bicyclic) bond motifs is 1. The van der Waals surface area contributed by atoms with E-state index in [0.717, 1.165) is 16.1 Å². The topological polar surface area (TPSA) is 44.4 Å². The number of carbonyl (C=O) groups is 1. The molecule has 5 heteroatoms. The molecule has 0 amide bonds. The number of para-hydroxylation sites is 1. The third-order valence-corrected chi connectivity index (χ3v) is 5.59. The van der Waals surface area contributed by atoms with E-state index in [1.807, 2.05) is 38.4 Å². The Balaban J connectivity index is 1.75. The van der Waals surface area contributed by atoms with Crippen molar-refractivity contribution in [1.82, 2.24) is 0 Å². The molecular formula is C23H25N2O2S+. The molecule has 1 heterocycles. The Bertz CT molecular complexity index is 1000. The predicted octanol–water partition coefficient (Wildman–Crippen LogP) is 4.85. The standard InChI is InChI=1S/C23H24N2O2S/c1-24(2)19-15-13-18(14-16-19)8-3-6-11-22-25(17-7-12-23(26)27)20-9-4-5-10-21(20)28-22/h3-6,8-11,13-16H,7,12,17H2,1-2H3/p+1. The molecule has 0 saturated heterocycles. The molecule has 0 radical (unpaired) electrons. The van der Waals surface area contributed by atoms with Gasteiger partial charge in [0.25, 0.3) is 5.01 Å². The van der Waals surface area contributed by atoms with Crippen molar-refractivity contribution in [3.05, 3.63) is 71.3 Å². The molecule has 2 aromatic carbocycles. The van der Waals surface area contributed by atoms with Gasteiger partial charge in [0.05, 0.1) is 6.42 Å². The molecule has 0 aliphatic heterocycles. The lowest BCUT2D eigenvalue weighted by Gasteiger charge is -2.11. The zero-order valence-corrected chi connectivity index (χ0v) is 17.0. The molecule has 28 heavy (non-hydrogen) atoms. The molecule has 0 saturated carbocycles. The zero-order chi connectivity index (χ0) is 19.9. The van der Waals surface area contributed by atoms with E-state index in [-0.39, 0.29) is 6.42 Å². The van der Waals surface area contributed by atoms with Crippen LogP contribution in [0.5, 0.6) is 0 Å². The number of thiazole rings is 1. The predicted molar refractivity (Wildman–Crippen MR) is 118 cm³/mol. The lowest BCUT2D eigenvalue weighted by atomic mass is 10.2. The fraction of sp³-hybridized carbons (Fsp3) is 0.217. The summed E-state index contributed by atoms with van der Waals surface area (Å²) in [6.45, 7) is 0.700. The van der Waals surface area contributed by atoms with Crippen LogP contribution in [0, 0.1) is 0 Å². The van der Waals surface area contributed by atoms with E-state index >= 15 is 0 Å². The summed E-state index contributed by atoms with van der Waals surface area (Å²) in [5, 5.41) is 10.0. The first-order chi connectivity index (χ1) is 13.5. The molecule has 0 bridgehead atoms. The first-order valence-electron chi connectivity index (χ1n) is 9.30. The first kappa shape index (κ1) is 19.8. The van der Waals surface area contributed by atoms with Crippen molar-refractivity contribution in [2.24, 2.45) is 0 Å². The normalized spacial score (nSPS) is 11.6. The molecule has 144 valence electrons. The maximum Gasteiger partial charge on any atom is 0.303 e. The second-order valence-electron chi connectivity index (χ2n) is 6.76. The molecule has 3 rings (SSSR count). The molecular weight excluding hydrogens is 368 g/mol. The monoisotopic (exact) mass is 393 g/mol. The fourth-order valence-corrected chi connectivity index (χ4v) is 4.09. The summed E-state index contributed by atoms with van der Waals surface area (Å²) >= 11 is 1.72. The van der Waals surface area contributed by atoms with Crippen LogP contribution in [0.25, 0.3) is 22.4 Å². The molecule has 0 unspecified atom stereocenters. The van der Waals surface area contributed by atoms with E-state index in [9.17, 15) is 4.79 Å². The first-order valence-corrected chi connectivity index (χ1v) is 10.1. The molecule has 1 aromatic heterocycles. The second kappa shape index (κ2) is 9.33. The van der Waals surface area contributed by atoms with Crippen molar-refractivity contribution >= 4 is 45.4 Å². The Kier molecular flexibility index (Phi) is 6.61. The van der Waals surface area contributed by atoms with Crippen LogP contribution < -0.4 is 9.47 Å². The summed E-state index contributed by atoms with van der Waals surface area (Å²) in [6, 6.07) is 16.7. The molecule has 0 fully saturated rings. The number of nitrogens with zero attached hydrogens (tertiary/aromatic N) is 2. The summed E-state index contributed by atoms with van der Waals surface area (Å²) in [7, 11) is 4.06. The number of hydrogen-bond donors (Lipinski definition) is 1. The minimum absolute atomic E-state index is 0.184. The lowest BCUT2D eigenvalue weighted by Crippen LogP contribution is -2.35. The minimum Gasteiger partial charge on any atom is -0.481 e. The number of carboxylic acid groups (broad SMARTS) is 1. The summed E-state index contributed by atoms with van der Waals surface area (Å²) < 4.78 is 3.42. The molecule has 0 aliphatic carbocycles. The average molecular weight is 394 g/mol.